The number of aliphatic hydroxyl groups excluding tert-OH is 3. The van der Waals surface area contributed by atoms with Crippen LogP contribution in [0, 0.1) is 0 Å². The summed E-state index contributed by atoms with van der Waals surface area (Å²) in [4.78, 5) is 21.1. The third kappa shape index (κ3) is 3.56. The van der Waals surface area contributed by atoms with Gasteiger partial charge in [-0.1, -0.05) is 0 Å². The van der Waals surface area contributed by atoms with Crippen LogP contribution in [0.4, 0.5) is 0 Å². The molecule has 0 heterocycles. The van der Waals surface area contributed by atoms with E-state index < -0.39 is 29.9 Å². The van der Waals surface area contributed by atoms with Crippen LogP contribution in [0.5, 0.6) is 0 Å². The van der Waals surface area contributed by atoms with Crippen LogP contribution in [0.15, 0.2) is 0 Å². The Morgan fingerprint density at radius 2 is 1.87 bits per heavy atom. The molecule has 0 saturated heterocycles. The number of carbonyl (C=O) groups excluding carboxylic acids is 2. The van der Waals surface area contributed by atoms with E-state index in [1.807, 2.05) is 0 Å². The number of amides is 1. The molecule has 0 radical (unpaired) electrons. The number of aliphatic hydroxyl groups is 4. The fraction of sp³-hybridized carbons (Fsp3) is 0.750. The molecule has 0 unspecified atom stereocenters. The van der Waals surface area contributed by atoms with Crippen molar-refractivity contribution in [2.45, 2.75) is 37.9 Å². The van der Waals surface area contributed by atoms with Gasteiger partial charge in [0.25, 0.3) is 0 Å². The van der Waals surface area contributed by atoms with E-state index >= 15 is 0 Å². The Balaban J connectivity index is 4.78. The van der Waals surface area contributed by atoms with E-state index in [0.29, 0.717) is 0 Å². The topological polar surface area (TPSA) is 127 Å². The summed E-state index contributed by atoms with van der Waals surface area (Å²) in [5, 5.41) is 38.7. The molecule has 0 rings (SSSR count). The average Bonchev–Trinajstić information content (AvgIpc) is 2.14. The summed E-state index contributed by atoms with van der Waals surface area (Å²) in [6.45, 7) is 2.18. The lowest BCUT2D eigenvalue weighted by molar-refractivity contribution is -0.172. The number of aldehydes is 1. The number of hydrogen-bond acceptors (Lipinski definition) is 6. The van der Waals surface area contributed by atoms with Crippen molar-refractivity contribution >= 4 is 12.2 Å². The molecule has 0 aromatic carbocycles. The molecule has 0 fully saturated rings. The van der Waals surface area contributed by atoms with E-state index in [-0.39, 0.29) is 6.29 Å². The predicted molar refractivity (Wildman–Crippen MR) is 48.5 cm³/mol. The summed E-state index contributed by atoms with van der Waals surface area (Å²) >= 11 is 0. The number of hydrogen-bond donors (Lipinski definition) is 5. The van der Waals surface area contributed by atoms with Gasteiger partial charge in [-0.05, 0) is 6.92 Å². The normalized spacial score (nSPS) is 20.9. The summed E-state index contributed by atoms with van der Waals surface area (Å²) in [7, 11) is 0. The van der Waals surface area contributed by atoms with E-state index in [1.54, 1.807) is 5.32 Å². The largest absolute Gasteiger partial charge is 0.391 e. The van der Waals surface area contributed by atoms with Crippen molar-refractivity contribution < 1.29 is 30.0 Å². The molecule has 7 heteroatoms. The molecule has 5 N–H and O–H groups in total. The van der Waals surface area contributed by atoms with Gasteiger partial charge in [-0.15, -0.1) is 0 Å². The first-order chi connectivity index (χ1) is 6.74. The van der Waals surface area contributed by atoms with Crippen molar-refractivity contribution in [3.05, 3.63) is 0 Å². The van der Waals surface area contributed by atoms with Crippen LogP contribution in [0.25, 0.3) is 0 Å². The van der Waals surface area contributed by atoms with Crippen molar-refractivity contribution in [3.63, 3.8) is 0 Å². The van der Waals surface area contributed by atoms with E-state index in [1.165, 1.54) is 0 Å². The van der Waals surface area contributed by atoms with Gasteiger partial charge in [0.1, 0.15) is 12.2 Å². The maximum atomic E-state index is 10.6. The third-order valence-electron chi connectivity index (χ3n) is 1.82. The lowest BCUT2D eigenvalue weighted by Crippen LogP contribution is -2.62. The zero-order valence-electron chi connectivity index (χ0n) is 8.41. The van der Waals surface area contributed by atoms with Gasteiger partial charge < -0.3 is 25.7 Å². The van der Waals surface area contributed by atoms with Crippen LogP contribution in [0.1, 0.15) is 13.8 Å². The van der Waals surface area contributed by atoms with Crippen LogP contribution in [0.2, 0.25) is 0 Å². The van der Waals surface area contributed by atoms with Crippen LogP contribution in [-0.4, -0.2) is 56.7 Å². The second-order valence-corrected chi connectivity index (χ2v) is 3.30. The Bertz CT molecular complexity index is 243. The maximum Gasteiger partial charge on any atom is 0.224 e. The Labute approximate surface area is 86.3 Å². The SMILES string of the molecule is CC(=O)N[C@](O)(C=O)[C@@H](O)[C@H](O)[C@@H](C)O. The van der Waals surface area contributed by atoms with E-state index in [0.717, 1.165) is 13.8 Å². The molecule has 0 aliphatic rings. The van der Waals surface area contributed by atoms with E-state index in [4.69, 9.17) is 5.11 Å². The maximum absolute atomic E-state index is 10.6. The van der Waals surface area contributed by atoms with Crippen LogP contribution < -0.4 is 5.32 Å². The van der Waals surface area contributed by atoms with Crippen molar-refractivity contribution in [1.29, 1.82) is 0 Å². The van der Waals surface area contributed by atoms with Crippen LogP contribution in [-0.2, 0) is 9.59 Å². The minimum absolute atomic E-state index is 0.120. The van der Waals surface area contributed by atoms with Gasteiger partial charge in [0.05, 0.1) is 6.10 Å². The lowest BCUT2D eigenvalue weighted by atomic mass is 9.99. The molecule has 88 valence electrons. The average molecular weight is 221 g/mol. The first-order valence-electron chi connectivity index (χ1n) is 4.26. The third-order valence-corrected chi connectivity index (χ3v) is 1.82. The highest BCUT2D eigenvalue weighted by molar-refractivity contribution is 5.79. The molecular formula is C8H15NO6. The first-order valence-corrected chi connectivity index (χ1v) is 4.26. The Kier molecular flexibility index (Phi) is 4.82. The van der Waals surface area contributed by atoms with Crippen molar-refractivity contribution in [1.82, 2.24) is 5.32 Å². The summed E-state index contributed by atoms with van der Waals surface area (Å²) < 4.78 is 0. The molecule has 4 atom stereocenters. The highest BCUT2D eigenvalue weighted by Crippen LogP contribution is 2.11. The van der Waals surface area contributed by atoms with Gasteiger partial charge in [0.15, 0.2) is 6.29 Å². The highest BCUT2D eigenvalue weighted by atomic mass is 16.4. The second-order valence-electron chi connectivity index (χ2n) is 3.30. The molecular weight excluding hydrogens is 206 g/mol. The molecule has 0 aromatic rings. The monoisotopic (exact) mass is 221 g/mol. The van der Waals surface area contributed by atoms with Gasteiger partial charge in [-0.2, -0.15) is 0 Å². The van der Waals surface area contributed by atoms with Crippen LogP contribution in [0.3, 0.4) is 0 Å². The van der Waals surface area contributed by atoms with E-state index in [2.05, 4.69) is 0 Å². The Morgan fingerprint density at radius 3 is 2.13 bits per heavy atom. The lowest BCUT2D eigenvalue weighted by Gasteiger charge is -2.32. The van der Waals surface area contributed by atoms with Crippen molar-refractivity contribution in [2.24, 2.45) is 0 Å². The summed E-state index contributed by atoms with van der Waals surface area (Å²) in [5.74, 6) is -0.763. The quantitative estimate of drug-likeness (QED) is 0.250. The van der Waals surface area contributed by atoms with Gasteiger partial charge in [0, 0.05) is 6.92 Å². The standard InChI is InChI=1S/C8H15NO6/c1-4(11)6(13)7(14)8(15,3-10)9-5(2)12/h3-4,6-7,11,13-15H,1-2H3,(H,9,12)/t4-,6-,7+,8+/m1/s1. The molecule has 0 bridgehead atoms. The van der Waals surface area contributed by atoms with Crippen molar-refractivity contribution in [2.75, 3.05) is 0 Å². The summed E-state index contributed by atoms with van der Waals surface area (Å²) in [6, 6.07) is 0. The van der Waals surface area contributed by atoms with Gasteiger partial charge in [-0.3, -0.25) is 9.59 Å². The molecule has 0 aromatic heterocycles. The van der Waals surface area contributed by atoms with E-state index in [9.17, 15) is 24.9 Å². The number of carbonyl (C=O) groups is 2. The number of nitrogens with one attached hydrogen (secondary N) is 1. The summed E-state index contributed by atoms with van der Waals surface area (Å²) in [5.41, 5.74) is -2.61. The first kappa shape index (κ1) is 14.0. The highest BCUT2D eigenvalue weighted by Gasteiger charge is 2.42. The zero-order valence-corrected chi connectivity index (χ0v) is 8.41. The summed E-state index contributed by atoms with van der Waals surface area (Å²) in [6.07, 6.45) is -5.25. The van der Waals surface area contributed by atoms with Gasteiger partial charge >= 0.3 is 0 Å². The minimum atomic E-state index is -2.61. The van der Waals surface area contributed by atoms with Crippen LogP contribution >= 0.6 is 0 Å². The Hall–Kier alpha value is -1.02. The fourth-order valence-electron chi connectivity index (χ4n) is 0.979. The minimum Gasteiger partial charge on any atom is -0.391 e. The predicted octanol–water partition coefficient (Wildman–Crippen LogP) is -2.89. The zero-order chi connectivity index (χ0) is 12.2. The molecule has 0 saturated carbocycles. The molecule has 7 nitrogen and oxygen atoms in total. The van der Waals surface area contributed by atoms with Gasteiger partial charge in [0.2, 0.25) is 11.6 Å². The number of rotatable bonds is 5. The fourth-order valence-corrected chi connectivity index (χ4v) is 0.979. The second kappa shape index (κ2) is 5.17. The smallest absolute Gasteiger partial charge is 0.224 e. The molecule has 0 spiro atoms. The molecule has 1 amide bonds. The van der Waals surface area contributed by atoms with Crippen molar-refractivity contribution in [3.8, 4) is 0 Å². The molecule has 0 aliphatic heterocycles. The van der Waals surface area contributed by atoms with Gasteiger partial charge in [-0.25, -0.2) is 0 Å². The Morgan fingerprint density at radius 1 is 1.40 bits per heavy atom. The molecule has 0 aliphatic carbocycles. The molecule has 15 heavy (non-hydrogen) atoms.